The molecule has 0 saturated carbocycles. The number of hydrogen-bond donors (Lipinski definition) is 1. The summed E-state index contributed by atoms with van der Waals surface area (Å²) in [5, 5.41) is 9.11. The minimum absolute atomic E-state index is 0.229. The number of aromatic carboxylic acids is 1. The largest absolute Gasteiger partial charge is 0.478 e. The van der Waals surface area contributed by atoms with E-state index in [1.54, 1.807) is 12.1 Å². The molecule has 1 aromatic carbocycles. The summed E-state index contributed by atoms with van der Waals surface area (Å²) in [7, 11) is 0. The van der Waals surface area contributed by atoms with Crippen molar-refractivity contribution in [3.63, 3.8) is 0 Å². The predicted molar refractivity (Wildman–Crippen MR) is 75.7 cm³/mol. The van der Waals surface area contributed by atoms with Gasteiger partial charge < -0.3 is 9.67 Å². The van der Waals surface area contributed by atoms with E-state index in [-0.39, 0.29) is 5.82 Å². The molecule has 106 valence electrons. The highest BCUT2D eigenvalue weighted by atomic mass is 19.1. The summed E-state index contributed by atoms with van der Waals surface area (Å²) >= 11 is 0. The van der Waals surface area contributed by atoms with Gasteiger partial charge in [0.1, 0.15) is 5.82 Å². The molecule has 0 amide bonds. The minimum Gasteiger partial charge on any atom is -0.478 e. The van der Waals surface area contributed by atoms with Gasteiger partial charge in [-0.1, -0.05) is 6.07 Å². The molecule has 0 atom stereocenters. The summed E-state index contributed by atoms with van der Waals surface area (Å²) in [6.07, 6.45) is 0.752. The lowest BCUT2D eigenvalue weighted by atomic mass is 10.1. The van der Waals surface area contributed by atoms with Crippen LogP contribution in [0.1, 0.15) is 32.9 Å². The number of aryl methyl sites for hydroxylation is 3. The van der Waals surface area contributed by atoms with Crippen molar-refractivity contribution in [3.05, 3.63) is 58.2 Å². The van der Waals surface area contributed by atoms with Gasteiger partial charge in [0.15, 0.2) is 0 Å². The van der Waals surface area contributed by atoms with E-state index in [9.17, 15) is 9.18 Å². The number of carboxylic acid groups (broad SMARTS) is 1. The number of nitrogens with zero attached hydrogens (tertiary/aromatic N) is 1. The van der Waals surface area contributed by atoms with E-state index in [1.807, 2.05) is 25.3 Å². The molecule has 0 aliphatic rings. The number of hydrogen-bond acceptors (Lipinski definition) is 1. The SMILES string of the molecule is Cc1cc(F)ccc1CCn1c(C)cc(C(=O)O)c1C. The van der Waals surface area contributed by atoms with Gasteiger partial charge in [0, 0.05) is 17.9 Å². The summed E-state index contributed by atoms with van der Waals surface area (Å²) < 4.78 is 15.1. The van der Waals surface area contributed by atoms with Crippen LogP contribution in [-0.2, 0) is 13.0 Å². The average molecular weight is 275 g/mol. The van der Waals surface area contributed by atoms with E-state index in [4.69, 9.17) is 5.11 Å². The van der Waals surface area contributed by atoms with E-state index in [0.29, 0.717) is 12.1 Å². The Bertz CT molecular complexity index is 659. The van der Waals surface area contributed by atoms with Gasteiger partial charge in [-0.25, -0.2) is 9.18 Å². The lowest BCUT2D eigenvalue weighted by molar-refractivity contribution is 0.0696. The number of benzene rings is 1. The fraction of sp³-hybridized carbons (Fsp3) is 0.312. The molecule has 0 radical (unpaired) electrons. The van der Waals surface area contributed by atoms with Crippen LogP contribution >= 0.6 is 0 Å². The Morgan fingerprint density at radius 1 is 1.25 bits per heavy atom. The standard InChI is InChI=1S/C16H18FNO2/c1-10-8-14(17)5-4-13(10)6-7-18-11(2)9-15(12(18)3)16(19)20/h4-5,8-9H,6-7H2,1-3H3,(H,19,20). The first kappa shape index (κ1) is 14.3. The Hall–Kier alpha value is -2.10. The second kappa shape index (κ2) is 5.49. The van der Waals surface area contributed by atoms with Crippen molar-refractivity contribution in [2.24, 2.45) is 0 Å². The van der Waals surface area contributed by atoms with Gasteiger partial charge >= 0.3 is 5.97 Å². The lowest BCUT2D eigenvalue weighted by Crippen LogP contribution is -2.07. The molecule has 0 bridgehead atoms. The maximum atomic E-state index is 13.1. The Morgan fingerprint density at radius 2 is 1.95 bits per heavy atom. The molecule has 0 saturated heterocycles. The van der Waals surface area contributed by atoms with Crippen molar-refractivity contribution in [1.82, 2.24) is 4.57 Å². The van der Waals surface area contributed by atoms with Crippen molar-refractivity contribution in [2.75, 3.05) is 0 Å². The highest BCUT2D eigenvalue weighted by Gasteiger charge is 2.14. The summed E-state index contributed by atoms with van der Waals surface area (Å²) in [5.74, 6) is -1.13. The molecular weight excluding hydrogens is 257 g/mol. The van der Waals surface area contributed by atoms with Crippen LogP contribution in [0.4, 0.5) is 4.39 Å². The number of halogens is 1. The fourth-order valence-electron chi connectivity index (χ4n) is 2.53. The molecule has 0 spiro atoms. The zero-order valence-corrected chi connectivity index (χ0v) is 11.9. The summed E-state index contributed by atoms with van der Waals surface area (Å²) in [5.41, 5.74) is 4.04. The normalized spacial score (nSPS) is 10.8. The molecule has 1 aromatic heterocycles. The van der Waals surface area contributed by atoms with Crippen LogP contribution in [0, 0.1) is 26.6 Å². The van der Waals surface area contributed by atoms with E-state index < -0.39 is 5.97 Å². The average Bonchev–Trinajstić information content (AvgIpc) is 2.65. The third-order valence-electron chi connectivity index (χ3n) is 3.71. The van der Waals surface area contributed by atoms with Gasteiger partial charge in [0.05, 0.1) is 5.56 Å². The first-order valence-electron chi connectivity index (χ1n) is 6.55. The number of carboxylic acids is 1. The van der Waals surface area contributed by atoms with Crippen molar-refractivity contribution >= 4 is 5.97 Å². The number of rotatable bonds is 4. The molecular formula is C16H18FNO2. The van der Waals surface area contributed by atoms with E-state index in [2.05, 4.69) is 0 Å². The maximum absolute atomic E-state index is 13.1. The number of carbonyl (C=O) groups is 1. The topological polar surface area (TPSA) is 42.2 Å². The zero-order chi connectivity index (χ0) is 14.9. The Morgan fingerprint density at radius 3 is 2.50 bits per heavy atom. The Kier molecular flexibility index (Phi) is 3.93. The van der Waals surface area contributed by atoms with Crippen LogP contribution in [0.2, 0.25) is 0 Å². The number of aromatic nitrogens is 1. The highest BCUT2D eigenvalue weighted by molar-refractivity contribution is 5.89. The van der Waals surface area contributed by atoms with Gasteiger partial charge in [-0.05, 0) is 56.5 Å². The van der Waals surface area contributed by atoms with Crippen LogP contribution in [-0.4, -0.2) is 15.6 Å². The van der Waals surface area contributed by atoms with Crippen molar-refractivity contribution in [3.8, 4) is 0 Å². The summed E-state index contributed by atoms with van der Waals surface area (Å²) in [6.45, 7) is 6.29. The molecule has 3 nitrogen and oxygen atoms in total. The third kappa shape index (κ3) is 2.74. The maximum Gasteiger partial charge on any atom is 0.337 e. The summed E-state index contributed by atoms with van der Waals surface area (Å²) in [6, 6.07) is 6.46. The second-order valence-electron chi connectivity index (χ2n) is 5.06. The predicted octanol–water partition coefficient (Wildman–Crippen LogP) is 3.49. The highest BCUT2D eigenvalue weighted by Crippen LogP contribution is 2.17. The third-order valence-corrected chi connectivity index (χ3v) is 3.71. The van der Waals surface area contributed by atoms with Gasteiger partial charge in [-0.15, -0.1) is 0 Å². The molecule has 0 fully saturated rings. The van der Waals surface area contributed by atoms with Crippen molar-refractivity contribution in [1.29, 1.82) is 0 Å². The first-order valence-corrected chi connectivity index (χ1v) is 6.55. The van der Waals surface area contributed by atoms with Crippen LogP contribution < -0.4 is 0 Å². The van der Waals surface area contributed by atoms with Crippen LogP contribution in [0.25, 0.3) is 0 Å². The minimum atomic E-state index is -0.901. The zero-order valence-electron chi connectivity index (χ0n) is 11.9. The van der Waals surface area contributed by atoms with Gasteiger partial charge in [-0.3, -0.25) is 0 Å². The molecule has 0 aliphatic heterocycles. The molecule has 0 unspecified atom stereocenters. The lowest BCUT2D eigenvalue weighted by Gasteiger charge is -2.11. The smallest absolute Gasteiger partial charge is 0.337 e. The quantitative estimate of drug-likeness (QED) is 0.928. The summed E-state index contributed by atoms with van der Waals surface area (Å²) in [4.78, 5) is 11.1. The molecule has 1 heterocycles. The van der Waals surface area contributed by atoms with E-state index >= 15 is 0 Å². The fourth-order valence-corrected chi connectivity index (χ4v) is 2.53. The first-order chi connectivity index (χ1) is 9.40. The van der Waals surface area contributed by atoms with Crippen LogP contribution in [0.5, 0.6) is 0 Å². The van der Waals surface area contributed by atoms with Crippen LogP contribution in [0.3, 0.4) is 0 Å². The van der Waals surface area contributed by atoms with Crippen LogP contribution in [0.15, 0.2) is 24.3 Å². The van der Waals surface area contributed by atoms with Crippen molar-refractivity contribution < 1.29 is 14.3 Å². The molecule has 2 aromatic rings. The van der Waals surface area contributed by atoms with Gasteiger partial charge in [0.2, 0.25) is 0 Å². The Balaban J connectivity index is 2.21. The van der Waals surface area contributed by atoms with E-state index in [0.717, 1.165) is 28.9 Å². The molecule has 4 heteroatoms. The Labute approximate surface area is 117 Å². The van der Waals surface area contributed by atoms with Gasteiger partial charge in [0.25, 0.3) is 0 Å². The monoisotopic (exact) mass is 275 g/mol. The van der Waals surface area contributed by atoms with E-state index in [1.165, 1.54) is 12.1 Å². The molecule has 2 rings (SSSR count). The molecule has 20 heavy (non-hydrogen) atoms. The van der Waals surface area contributed by atoms with Crippen molar-refractivity contribution in [2.45, 2.75) is 33.7 Å². The van der Waals surface area contributed by atoms with Gasteiger partial charge in [-0.2, -0.15) is 0 Å². The molecule has 0 aliphatic carbocycles. The molecule has 1 N–H and O–H groups in total. The second-order valence-corrected chi connectivity index (χ2v) is 5.06.